The third kappa shape index (κ3) is 2.16. The van der Waals surface area contributed by atoms with Crippen molar-refractivity contribution in [1.82, 2.24) is 14.8 Å². The Morgan fingerprint density at radius 2 is 2.00 bits per heavy atom. The van der Waals surface area contributed by atoms with E-state index in [1.165, 1.54) is 0 Å². The van der Waals surface area contributed by atoms with Crippen molar-refractivity contribution in [3.63, 3.8) is 0 Å². The first-order valence-electron chi connectivity index (χ1n) is 5.82. The fourth-order valence-corrected chi connectivity index (χ4v) is 1.83. The van der Waals surface area contributed by atoms with Gasteiger partial charge in [0.25, 0.3) is 0 Å². The molecule has 0 amide bonds. The SMILES string of the molecule is CCc1nc(-c2cc(OC)ccc2OC)nn1C. The fourth-order valence-electron chi connectivity index (χ4n) is 1.83. The highest BCUT2D eigenvalue weighted by Gasteiger charge is 2.13. The van der Waals surface area contributed by atoms with Crippen LogP contribution in [0.5, 0.6) is 11.5 Å². The van der Waals surface area contributed by atoms with Gasteiger partial charge in [-0.15, -0.1) is 0 Å². The molecule has 2 aromatic rings. The van der Waals surface area contributed by atoms with E-state index in [4.69, 9.17) is 9.47 Å². The van der Waals surface area contributed by atoms with Gasteiger partial charge in [0.2, 0.25) is 0 Å². The van der Waals surface area contributed by atoms with Crippen molar-refractivity contribution in [2.45, 2.75) is 13.3 Å². The lowest BCUT2D eigenvalue weighted by atomic mass is 10.2. The smallest absolute Gasteiger partial charge is 0.185 e. The molecule has 18 heavy (non-hydrogen) atoms. The molecule has 5 nitrogen and oxygen atoms in total. The molecule has 0 unspecified atom stereocenters. The Labute approximate surface area is 106 Å². The first-order valence-corrected chi connectivity index (χ1v) is 5.82. The summed E-state index contributed by atoms with van der Waals surface area (Å²) in [6.07, 6.45) is 0.843. The number of aromatic nitrogens is 3. The topological polar surface area (TPSA) is 49.2 Å². The average Bonchev–Trinajstić information content (AvgIpc) is 2.79. The predicted molar refractivity (Wildman–Crippen MR) is 68.9 cm³/mol. The summed E-state index contributed by atoms with van der Waals surface area (Å²) in [5.74, 6) is 3.10. The maximum atomic E-state index is 5.34. The molecule has 0 atom stereocenters. The lowest BCUT2D eigenvalue weighted by molar-refractivity contribution is 0.404. The predicted octanol–water partition coefficient (Wildman–Crippen LogP) is 2.06. The molecule has 96 valence electrons. The molecule has 0 spiro atoms. The van der Waals surface area contributed by atoms with E-state index < -0.39 is 0 Å². The quantitative estimate of drug-likeness (QED) is 0.829. The molecule has 1 heterocycles. The van der Waals surface area contributed by atoms with Gasteiger partial charge in [0, 0.05) is 13.5 Å². The monoisotopic (exact) mass is 247 g/mol. The van der Waals surface area contributed by atoms with E-state index in [2.05, 4.69) is 17.0 Å². The number of nitrogens with zero attached hydrogens (tertiary/aromatic N) is 3. The van der Waals surface area contributed by atoms with Gasteiger partial charge in [-0.2, -0.15) is 5.10 Å². The molecule has 0 radical (unpaired) electrons. The van der Waals surface area contributed by atoms with Gasteiger partial charge in [0.15, 0.2) is 5.82 Å². The van der Waals surface area contributed by atoms with Crippen molar-refractivity contribution < 1.29 is 9.47 Å². The van der Waals surface area contributed by atoms with E-state index in [0.717, 1.165) is 29.3 Å². The molecule has 1 aromatic heterocycles. The maximum absolute atomic E-state index is 5.34. The maximum Gasteiger partial charge on any atom is 0.185 e. The van der Waals surface area contributed by atoms with Gasteiger partial charge < -0.3 is 9.47 Å². The van der Waals surface area contributed by atoms with E-state index in [0.29, 0.717) is 5.82 Å². The molecule has 0 N–H and O–H groups in total. The van der Waals surface area contributed by atoms with Crippen LogP contribution >= 0.6 is 0 Å². The summed E-state index contributed by atoms with van der Waals surface area (Å²) in [5.41, 5.74) is 0.840. The molecular weight excluding hydrogens is 230 g/mol. The van der Waals surface area contributed by atoms with Crippen molar-refractivity contribution in [2.75, 3.05) is 14.2 Å². The van der Waals surface area contributed by atoms with Gasteiger partial charge in [-0.25, -0.2) is 4.98 Å². The average molecular weight is 247 g/mol. The first kappa shape index (κ1) is 12.4. The Kier molecular flexibility index (Phi) is 3.50. The summed E-state index contributed by atoms with van der Waals surface area (Å²) < 4.78 is 12.3. The lowest BCUT2D eigenvalue weighted by Gasteiger charge is -2.07. The zero-order chi connectivity index (χ0) is 13.1. The summed E-state index contributed by atoms with van der Waals surface area (Å²) in [5, 5.41) is 4.41. The minimum Gasteiger partial charge on any atom is -0.497 e. The number of aryl methyl sites for hydroxylation is 2. The second-order valence-corrected chi connectivity index (χ2v) is 3.90. The van der Waals surface area contributed by atoms with E-state index in [1.807, 2.05) is 25.2 Å². The molecule has 0 bridgehead atoms. The van der Waals surface area contributed by atoms with Crippen LogP contribution in [0.3, 0.4) is 0 Å². The summed E-state index contributed by atoms with van der Waals surface area (Å²) >= 11 is 0. The third-order valence-corrected chi connectivity index (χ3v) is 2.82. The minimum atomic E-state index is 0.658. The molecule has 0 saturated heterocycles. The number of ether oxygens (including phenoxy) is 2. The van der Waals surface area contributed by atoms with Crippen LogP contribution in [0.25, 0.3) is 11.4 Å². The van der Waals surface area contributed by atoms with Crippen LogP contribution in [0.2, 0.25) is 0 Å². The van der Waals surface area contributed by atoms with E-state index in [-0.39, 0.29) is 0 Å². The summed E-state index contributed by atoms with van der Waals surface area (Å²) in [6.45, 7) is 2.05. The van der Waals surface area contributed by atoms with Crippen LogP contribution < -0.4 is 9.47 Å². The summed E-state index contributed by atoms with van der Waals surface area (Å²) in [6, 6.07) is 5.59. The van der Waals surface area contributed by atoms with Gasteiger partial charge in [0.05, 0.1) is 19.8 Å². The summed E-state index contributed by atoms with van der Waals surface area (Å²) in [4.78, 5) is 4.50. The number of benzene rings is 1. The van der Waals surface area contributed by atoms with E-state index in [1.54, 1.807) is 18.9 Å². The number of hydrogen-bond acceptors (Lipinski definition) is 4. The molecule has 5 heteroatoms. The zero-order valence-electron chi connectivity index (χ0n) is 11.1. The van der Waals surface area contributed by atoms with Gasteiger partial charge in [-0.05, 0) is 18.2 Å². The van der Waals surface area contributed by atoms with Gasteiger partial charge in [-0.3, -0.25) is 4.68 Å². The van der Waals surface area contributed by atoms with Gasteiger partial charge in [-0.1, -0.05) is 6.92 Å². The van der Waals surface area contributed by atoms with E-state index >= 15 is 0 Å². The highest BCUT2D eigenvalue weighted by Crippen LogP contribution is 2.31. The molecule has 0 aliphatic carbocycles. The van der Waals surface area contributed by atoms with Crippen molar-refractivity contribution in [1.29, 1.82) is 0 Å². The molecule has 1 aromatic carbocycles. The van der Waals surface area contributed by atoms with Crippen molar-refractivity contribution in [3.8, 4) is 22.9 Å². The minimum absolute atomic E-state index is 0.658. The van der Waals surface area contributed by atoms with Crippen LogP contribution in [-0.2, 0) is 13.5 Å². The molecule has 0 saturated carbocycles. The molecule has 0 fully saturated rings. The van der Waals surface area contributed by atoms with Crippen molar-refractivity contribution >= 4 is 0 Å². The molecule has 0 aliphatic heterocycles. The second-order valence-electron chi connectivity index (χ2n) is 3.90. The Morgan fingerprint density at radius 1 is 1.22 bits per heavy atom. The van der Waals surface area contributed by atoms with Crippen molar-refractivity contribution in [3.05, 3.63) is 24.0 Å². The Balaban J connectivity index is 2.53. The van der Waals surface area contributed by atoms with Crippen LogP contribution in [0, 0.1) is 0 Å². The van der Waals surface area contributed by atoms with Crippen molar-refractivity contribution in [2.24, 2.45) is 7.05 Å². The van der Waals surface area contributed by atoms with E-state index in [9.17, 15) is 0 Å². The van der Waals surface area contributed by atoms with Crippen LogP contribution in [-0.4, -0.2) is 29.0 Å². The van der Waals surface area contributed by atoms with Gasteiger partial charge in [0.1, 0.15) is 17.3 Å². The Bertz CT molecular complexity index is 549. The molecule has 0 aliphatic rings. The fraction of sp³-hybridized carbons (Fsp3) is 0.385. The number of rotatable bonds is 4. The number of hydrogen-bond donors (Lipinski definition) is 0. The normalized spacial score (nSPS) is 10.4. The standard InChI is InChI=1S/C13H17N3O2/c1-5-12-14-13(15-16(12)2)10-8-9(17-3)6-7-11(10)18-4/h6-8H,5H2,1-4H3. The van der Waals surface area contributed by atoms with Crippen LogP contribution in [0.4, 0.5) is 0 Å². The van der Waals surface area contributed by atoms with Crippen LogP contribution in [0.15, 0.2) is 18.2 Å². The Hall–Kier alpha value is -2.04. The lowest BCUT2D eigenvalue weighted by Crippen LogP contribution is -1.96. The largest absolute Gasteiger partial charge is 0.497 e. The third-order valence-electron chi connectivity index (χ3n) is 2.82. The molecule has 2 rings (SSSR count). The van der Waals surface area contributed by atoms with Crippen LogP contribution in [0.1, 0.15) is 12.7 Å². The van der Waals surface area contributed by atoms with Gasteiger partial charge >= 0.3 is 0 Å². The molecular formula is C13H17N3O2. The number of methoxy groups -OCH3 is 2. The second kappa shape index (κ2) is 5.08. The summed E-state index contributed by atoms with van der Waals surface area (Å²) in [7, 11) is 5.16. The first-order chi connectivity index (χ1) is 8.69. The highest BCUT2D eigenvalue weighted by atomic mass is 16.5. The zero-order valence-corrected chi connectivity index (χ0v) is 11.1. The highest BCUT2D eigenvalue weighted by molar-refractivity contribution is 5.66. The Morgan fingerprint density at radius 3 is 2.56 bits per heavy atom.